The molecule has 0 unspecified atom stereocenters. The third-order valence-corrected chi connectivity index (χ3v) is 4.22. The van der Waals surface area contributed by atoms with Gasteiger partial charge in [0.15, 0.2) is 17.5 Å². The second-order valence-electron chi connectivity index (χ2n) is 6.30. The van der Waals surface area contributed by atoms with Crippen LogP contribution in [0, 0.1) is 0 Å². The van der Waals surface area contributed by atoms with Crippen LogP contribution < -0.4 is 30.6 Å². The number of hydrogen-bond donors (Lipinski definition) is 3. The lowest BCUT2D eigenvalue weighted by Gasteiger charge is -2.15. The third-order valence-electron chi connectivity index (χ3n) is 4.22. The number of primary amides is 1. The predicted octanol–water partition coefficient (Wildman–Crippen LogP) is 2.37. The molecule has 8 nitrogen and oxygen atoms in total. The van der Waals surface area contributed by atoms with Crippen LogP contribution in [0.25, 0.3) is 0 Å². The minimum atomic E-state index is -2.96. The first-order valence-electron chi connectivity index (χ1n) is 9.24. The summed E-state index contributed by atoms with van der Waals surface area (Å²) in [5.74, 6) is 0.807. The summed E-state index contributed by atoms with van der Waals surface area (Å²) >= 11 is 0. The molecule has 30 heavy (non-hydrogen) atoms. The van der Waals surface area contributed by atoms with Crippen LogP contribution in [-0.2, 0) is 13.1 Å². The Morgan fingerprint density at radius 1 is 1.20 bits per heavy atom. The number of nitrogens with zero attached hydrogens (tertiary/aromatic N) is 1. The van der Waals surface area contributed by atoms with E-state index < -0.39 is 12.5 Å². The zero-order chi connectivity index (χ0) is 21.5. The quantitative estimate of drug-likeness (QED) is 0.447. The Balaban J connectivity index is 1.71. The minimum absolute atomic E-state index is 0.000334. The second-order valence-corrected chi connectivity index (χ2v) is 6.30. The van der Waals surface area contributed by atoms with Crippen molar-refractivity contribution >= 4 is 11.9 Å². The maximum atomic E-state index is 12.8. The summed E-state index contributed by atoms with van der Waals surface area (Å²) in [5, 5.41) is 6.17. The highest BCUT2D eigenvalue weighted by molar-refractivity contribution is 5.92. The number of nitrogens with one attached hydrogen (secondary N) is 2. The van der Waals surface area contributed by atoms with E-state index in [4.69, 9.17) is 15.2 Å². The molecule has 0 saturated heterocycles. The van der Waals surface area contributed by atoms with E-state index in [0.717, 1.165) is 5.56 Å². The third kappa shape index (κ3) is 5.49. The zero-order valence-corrected chi connectivity index (χ0v) is 16.3. The highest BCUT2D eigenvalue weighted by Crippen LogP contribution is 2.38. The molecule has 10 heteroatoms. The molecule has 2 aromatic rings. The van der Waals surface area contributed by atoms with Crippen molar-refractivity contribution in [2.24, 2.45) is 10.7 Å². The molecule has 3 rings (SSSR count). The number of guanidine groups is 1. The van der Waals surface area contributed by atoms with E-state index in [0.29, 0.717) is 41.7 Å². The van der Waals surface area contributed by atoms with Crippen LogP contribution in [0.15, 0.2) is 41.4 Å². The van der Waals surface area contributed by atoms with E-state index in [-0.39, 0.29) is 19.1 Å². The number of halogens is 2. The molecular formula is C20H22F2N4O4. The number of fused-ring (bicyclic) bond motifs is 1. The first kappa shape index (κ1) is 21.2. The lowest BCUT2D eigenvalue weighted by atomic mass is 10.1. The van der Waals surface area contributed by atoms with Gasteiger partial charge in [0.1, 0.15) is 5.75 Å². The van der Waals surface area contributed by atoms with Crippen molar-refractivity contribution < 1.29 is 27.8 Å². The molecule has 1 aliphatic heterocycles. The van der Waals surface area contributed by atoms with Crippen LogP contribution in [0.1, 0.15) is 28.4 Å². The predicted molar refractivity (Wildman–Crippen MR) is 106 cm³/mol. The summed E-state index contributed by atoms with van der Waals surface area (Å²) in [5.41, 5.74) is 7.00. The fraction of sp³-hybridized carbons (Fsp3) is 0.300. The summed E-state index contributed by atoms with van der Waals surface area (Å²) in [6.07, 6.45) is 0. The number of nitrogens with two attached hydrogens (primary N) is 1. The smallest absolute Gasteiger partial charge is 0.387 e. The van der Waals surface area contributed by atoms with Crippen LogP contribution in [0.2, 0.25) is 0 Å². The van der Waals surface area contributed by atoms with Gasteiger partial charge in [-0.1, -0.05) is 12.1 Å². The van der Waals surface area contributed by atoms with Crippen molar-refractivity contribution in [3.63, 3.8) is 0 Å². The molecule has 0 saturated carbocycles. The molecule has 1 heterocycles. The maximum Gasteiger partial charge on any atom is 0.387 e. The lowest BCUT2D eigenvalue weighted by Crippen LogP contribution is -2.36. The number of aliphatic imine (C=N–C) groups is 1. The van der Waals surface area contributed by atoms with Crippen LogP contribution in [0.5, 0.6) is 17.2 Å². The van der Waals surface area contributed by atoms with Gasteiger partial charge in [0.2, 0.25) is 12.7 Å². The number of rotatable bonds is 8. The maximum absolute atomic E-state index is 12.8. The summed E-state index contributed by atoms with van der Waals surface area (Å²) in [6.45, 7) is 0.0908. The van der Waals surface area contributed by atoms with Crippen LogP contribution >= 0.6 is 0 Å². The zero-order valence-electron chi connectivity index (χ0n) is 16.3. The molecule has 0 aliphatic carbocycles. The van der Waals surface area contributed by atoms with E-state index in [9.17, 15) is 13.6 Å². The molecular weight excluding hydrogens is 398 g/mol. The first-order chi connectivity index (χ1) is 14.5. The normalized spacial score (nSPS) is 12.7. The average Bonchev–Trinajstić information content (AvgIpc) is 3.17. The number of benzene rings is 2. The Morgan fingerprint density at radius 2 is 1.90 bits per heavy atom. The van der Waals surface area contributed by atoms with E-state index in [1.54, 1.807) is 30.3 Å². The van der Waals surface area contributed by atoms with Gasteiger partial charge in [0.05, 0.1) is 6.54 Å². The summed E-state index contributed by atoms with van der Waals surface area (Å²) in [4.78, 5) is 15.6. The van der Waals surface area contributed by atoms with E-state index in [1.165, 1.54) is 6.07 Å². The molecule has 1 amide bonds. The van der Waals surface area contributed by atoms with Gasteiger partial charge in [-0.25, -0.2) is 4.99 Å². The SMILES string of the molecule is CCNC(=NCc1ccc(C(N)=O)cc1)NCc1cc2c(cc1OC(F)F)OCO2. The fourth-order valence-electron chi connectivity index (χ4n) is 2.77. The van der Waals surface area contributed by atoms with Crippen molar-refractivity contribution in [2.75, 3.05) is 13.3 Å². The standard InChI is InChI=1S/C20H22F2N4O4/c1-2-24-20(25-9-12-3-5-13(6-4-12)18(23)27)26-10-14-7-16-17(29-11-28-16)8-15(14)30-19(21)22/h3-8,19H,2,9-11H2,1H3,(H2,23,27)(H2,24,25,26). The van der Waals surface area contributed by atoms with Gasteiger partial charge in [-0.2, -0.15) is 8.78 Å². The largest absolute Gasteiger partial charge is 0.454 e. The molecule has 0 spiro atoms. The van der Waals surface area contributed by atoms with Crippen molar-refractivity contribution in [3.8, 4) is 17.2 Å². The van der Waals surface area contributed by atoms with Gasteiger partial charge in [-0.05, 0) is 30.7 Å². The molecule has 0 radical (unpaired) electrons. The van der Waals surface area contributed by atoms with Gasteiger partial charge in [0, 0.05) is 30.3 Å². The molecule has 0 atom stereocenters. The number of carbonyl (C=O) groups excluding carboxylic acids is 1. The fourth-order valence-corrected chi connectivity index (χ4v) is 2.77. The van der Waals surface area contributed by atoms with Gasteiger partial charge < -0.3 is 30.6 Å². The molecule has 0 aromatic heterocycles. The Labute approximate surface area is 172 Å². The second kappa shape index (κ2) is 9.77. The van der Waals surface area contributed by atoms with Crippen LogP contribution in [-0.4, -0.2) is 31.8 Å². The Bertz CT molecular complexity index is 920. The van der Waals surface area contributed by atoms with Gasteiger partial charge in [-0.15, -0.1) is 0 Å². The molecule has 1 aliphatic rings. The summed E-state index contributed by atoms with van der Waals surface area (Å²) in [6, 6.07) is 9.77. The number of hydrogen-bond acceptors (Lipinski definition) is 5. The Kier molecular flexibility index (Phi) is 6.89. The minimum Gasteiger partial charge on any atom is -0.454 e. The molecule has 4 N–H and O–H groups in total. The summed E-state index contributed by atoms with van der Waals surface area (Å²) in [7, 11) is 0. The number of carbonyl (C=O) groups is 1. The number of ether oxygens (including phenoxy) is 3. The van der Waals surface area contributed by atoms with Crippen molar-refractivity contribution in [1.29, 1.82) is 0 Å². The molecule has 0 bridgehead atoms. The molecule has 0 fully saturated rings. The topological polar surface area (TPSA) is 107 Å². The van der Waals surface area contributed by atoms with E-state index in [2.05, 4.69) is 20.4 Å². The number of amides is 1. The van der Waals surface area contributed by atoms with Crippen LogP contribution in [0.3, 0.4) is 0 Å². The Hall–Kier alpha value is -3.56. The van der Waals surface area contributed by atoms with E-state index in [1.807, 2.05) is 6.92 Å². The first-order valence-corrected chi connectivity index (χ1v) is 9.24. The van der Waals surface area contributed by atoms with E-state index >= 15 is 0 Å². The van der Waals surface area contributed by atoms with Crippen LogP contribution in [0.4, 0.5) is 8.78 Å². The Morgan fingerprint density at radius 3 is 2.53 bits per heavy atom. The average molecular weight is 420 g/mol. The monoisotopic (exact) mass is 420 g/mol. The van der Waals surface area contributed by atoms with Crippen molar-refractivity contribution in [2.45, 2.75) is 26.6 Å². The van der Waals surface area contributed by atoms with Crippen molar-refractivity contribution in [1.82, 2.24) is 10.6 Å². The summed E-state index contributed by atoms with van der Waals surface area (Å²) < 4.78 is 40.7. The van der Waals surface area contributed by atoms with Gasteiger partial charge >= 0.3 is 6.61 Å². The number of alkyl halides is 2. The van der Waals surface area contributed by atoms with Gasteiger partial charge in [-0.3, -0.25) is 4.79 Å². The van der Waals surface area contributed by atoms with Crippen molar-refractivity contribution in [3.05, 3.63) is 53.1 Å². The lowest BCUT2D eigenvalue weighted by molar-refractivity contribution is -0.0505. The molecule has 2 aromatic carbocycles. The highest BCUT2D eigenvalue weighted by atomic mass is 19.3. The molecule has 160 valence electrons. The van der Waals surface area contributed by atoms with Gasteiger partial charge in [0.25, 0.3) is 0 Å². The highest BCUT2D eigenvalue weighted by Gasteiger charge is 2.20.